The quantitative estimate of drug-likeness (QED) is 0.538. The van der Waals surface area contributed by atoms with E-state index in [1.807, 2.05) is 13.8 Å². The molecular formula is C12H18O7. The van der Waals surface area contributed by atoms with Crippen molar-refractivity contribution < 1.29 is 33.8 Å². The van der Waals surface area contributed by atoms with E-state index in [0.29, 0.717) is 0 Å². The fourth-order valence-electron chi connectivity index (χ4n) is 3.48. The SMILES string of the molecule is CO[C@@]12O[C@H]([C@H](C)[C@H](OC(C)=O)[C@@H]1C)[C@@H]1OOO[C@@H]12. The molecule has 0 spiro atoms. The average molecular weight is 274 g/mol. The van der Waals surface area contributed by atoms with Crippen LogP contribution in [0.2, 0.25) is 0 Å². The molecule has 0 aromatic carbocycles. The maximum absolute atomic E-state index is 11.3. The van der Waals surface area contributed by atoms with Gasteiger partial charge in [0, 0.05) is 20.0 Å². The first kappa shape index (κ1) is 13.3. The first-order valence-corrected chi connectivity index (χ1v) is 6.40. The zero-order valence-corrected chi connectivity index (χ0v) is 11.3. The van der Waals surface area contributed by atoms with Crippen molar-refractivity contribution in [3.8, 4) is 0 Å². The van der Waals surface area contributed by atoms with Crippen LogP contribution >= 0.6 is 0 Å². The standard InChI is InChI=1S/C12H18O7/c1-5-8(15-7(3)13)6(2)12(14-4)11-10(9(5)16-12)17-19-18-11/h5-6,8-11H,1-4H3/t5-,6+,8+,9-,10+,11+,12-/m1/s1. The maximum atomic E-state index is 11.3. The lowest BCUT2D eigenvalue weighted by Crippen LogP contribution is -2.57. The van der Waals surface area contributed by atoms with E-state index in [2.05, 4.69) is 5.04 Å². The van der Waals surface area contributed by atoms with Gasteiger partial charge in [0.25, 0.3) is 0 Å². The van der Waals surface area contributed by atoms with E-state index in [1.165, 1.54) is 6.92 Å². The molecular weight excluding hydrogens is 256 g/mol. The van der Waals surface area contributed by atoms with E-state index in [0.717, 1.165) is 0 Å². The predicted molar refractivity (Wildman–Crippen MR) is 59.3 cm³/mol. The van der Waals surface area contributed by atoms with Gasteiger partial charge < -0.3 is 14.2 Å². The van der Waals surface area contributed by atoms with Crippen LogP contribution in [0.25, 0.3) is 0 Å². The second-order valence-electron chi connectivity index (χ2n) is 5.38. The zero-order valence-electron chi connectivity index (χ0n) is 11.3. The molecule has 0 aliphatic carbocycles. The van der Waals surface area contributed by atoms with Crippen LogP contribution in [0.4, 0.5) is 0 Å². The number of hydrogen-bond acceptors (Lipinski definition) is 7. The van der Waals surface area contributed by atoms with Gasteiger partial charge in [0.05, 0.1) is 12.0 Å². The summed E-state index contributed by atoms with van der Waals surface area (Å²) in [7, 11) is 1.54. The van der Waals surface area contributed by atoms with Gasteiger partial charge in [-0.25, -0.2) is 0 Å². The molecule has 3 aliphatic rings. The Kier molecular flexibility index (Phi) is 3.06. The highest BCUT2D eigenvalue weighted by Gasteiger charge is 2.71. The number of fused-ring (bicyclic) bond motifs is 5. The molecule has 0 N–H and O–H groups in total. The van der Waals surface area contributed by atoms with Crippen molar-refractivity contribution in [1.82, 2.24) is 0 Å². The molecule has 7 nitrogen and oxygen atoms in total. The normalized spacial score (nSPS) is 52.0. The maximum Gasteiger partial charge on any atom is 0.302 e. The van der Waals surface area contributed by atoms with E-state index < -0.39 is 11.9 Å². The van der Waals surface area contributed by atoms with Gasteiger partial charge in [0.15, 0.2) is 12.2 Å². The third-order valence-electron chi connectivity index (χ3n) is 4.42. The second kappa shape index (κ2) is 4.39. The van der Waals surface area contributed by atoms with E-state index in [-0.39, 0.29) is 36.1 Å². The highest BCUT2D eigenvalue weighted by atomic mass is 17.5. The van der Waals surface area contributed by atoms with Crippen LogP contribution in [0.3, 0.4) is 0 Å². The molecule has 3 rings (SSSR count). The Hall–Kier alpha value is -0.730. The van der Waals surface area contributed by atoms with Crippen molar-refractivity contribution >= 4 is 5.97 Å². The van der Waals surface area contributed by atoms with Crippen molar-refractivity contribution in [2.75, 3.05) is 7.11 Å². The number of carbonyl (C=O) groups is 1. The average Bonchev–Trinajstić information content (AvgIpc) is 2.93. The summed E-state index contributed by atoms with van der Waals surface area (Å²) in [5.41, 5.74) is 0. The first-order chi connectivity index (χ1) is 9.01. The number of carbonyl (C=O) groups excluding carboxylic acids is 1. The lowest BCUT2D eigenvalue weighted by molar-refractivity contribution is -0.496. The molecule has 3 heterocycles. The van der Waals surface area contributed by atoms with Gasteiger partial charge >= 0.3 is 5.97 Å². The fourth-order valence-corrected chi connectivity index (χ4v) is 3.48. The third kappa shape index (κ3) is 1.66. The van der Waals surface area contributed by atoms with E-state index >= 15 is 0 Å². The Morgan fingerprint density at radius 1 is 1.21 bits per heavy atom. The van der Waals surface area contributed by atoms with Crippen molar-refractivity contribution in [1.29, 1.82) is 0 Å². The molecule has 3 aliphatic heterocycles. The summed E-state index contributed by atoms with van der Waals surface area (Å²) >= 11 is 0. The molecule has 0 unspecified atom stereocenters. The summed E-state index contributed by atoms with van der Waals surface area (Å²) in [4.78, 5) is 21.6. The second-order valence-corrected chi connectivity index (χ2v) is 5.38. The minimum absolute atomic E-state index is 0.0394. The van der Waals surface area contributed by atoms with Gasteiger partial charge in [-0.3, -0.25) is 4.79 Å². The van der Waals surface area contributed by atoms with Crippen molar-refractivity contribution in [2.45, 2.75) is 51.0 Å². The van der Waals surface area contributed by atoms with Crippen LogP contribution < -0.4 is 0 Å². The van der Waals surface area contributed by atoms with Crippen LogP contribution in [0.15, 0.2) is 0 Å². The van der Waals surface area contributed by atoms with Gasteiger partial charge in [-0.2, -0.15) is 9.78 Å². The predicted octanol–water partition coefficient (Wildman–Crippen LogP) is 0.576. The number of ether oxygens (including phenoxy) is 3. The minimum atomic E-state index is -1.02. The van der Waals surface area contributed by atoms with Crippen molar-refractivity contribution in [2.24, 2.45) is 11.8 Å². The fraction of sp³-hybridized carbons (Fsp3) is 0.917. The van der Waals surface area contributed by atoms with Crippen LogP contribution in [-0.4, -0.2) is 43.3 Å². The molecule has 0 radical (unpaired) electrons. The molecule has 108 valence electrons. The molecule has 0 aromatic heterocycles. The van der Waals surface area contributed by atoms with E-state index in [9.17, 15) is 4.79 Å². The molecule has 0 amide bonds. The van der Waals surface area contributed by atoms with Crippen LogP contribution in [0.5, 0.6) is 0 Å². The summed E-state index contributed by atoms with van der Waals surface area (Å²) < 4.78 is 17.0. The van der Waals surface area contributed by atoms with Crippen LogP contribution in [-0.2, 0) is 33.8 Å². The summed E-state index contributed by atoms with van der Waals surface area (Å²) in [5.74, 6) is -1.58. The van der Waals surface area contributed by atoms with Gasteiger partial charge in [-0.1, -0.05) is 18.9 Å². The molecule has 3 saturated heterocycles. The summed E-state index contributed by atoms with van der Waals surface area (Å²) in [6, 6.07) is 0. The minimum Gasteiger partial charge on any atom is -0.462 e. The van der Waals surface area contributed by atoms with Crippen molar-refractivity contribution in [3.05, 3.63) is 0 Å². The molecule has 0 saturated carbocycles. The Morgan fingerprint density at radius 3 is 2.58 bits per heavy atom. The lowest BCUT2D eigenvalue weighted by atomic mass is 9.84. The third-order valence-corrected chi connectivity index (χ3v) is 4.42. The highest BCUT2D eigenvalue weighted by Crippen LogP contribution is 2.52. The Labute approximate surface area is 110 Å². The summed E-state index contributed by atoms with van der Waals surface area (Å²) in [6.07, 6.45) is -1.47. The zero-order chi connectivity index (χ0) is 13.8. The van der Waals surface area contributed by atoms with Gasteiger partial charge in [0.2, 0.25) is 5.79 Å². The van der Waals surface area contributed by atoms with E-state index in [1.54, 1.807) is 7.11 Å². The molecule has 0 aromatic rings. The van der Waals surface area contributed by atoms with Crippen molar-refractivity contribution in [3.63, 3.8) is 0 Å². The van der Waals surface area contributed by atoms with Gasteiger partial charge in [0.1, 0.15) is 6.10 Å². The highest BCUT2D eigenvalue weighted by molar-refractivity contribution is 5.66. The van der Waals surface area contributed by atoms with Crippen LogP contribution in [0, 0.1) is 11.8 Å². The first-order valence-electron chi connectivity index (χ1n) is 6.40. The molecule has 7 atom stereocenters. The Balaban J connectivity index is 1.96. The number of esters is 1. The molecule has 2 bridgehead atoms. The smallest absolute Gasteiger partial charge is 0.302 e. The van der Waals surface area contributed by atoms with E-state index in [4.69, 9.17) is 24.0 Å². The molecule has 7 heteroatoms. The monoisotopic (exact) mass is 274 g/mol. The van der Waals surface area contributed by atoms with Gasteiger partial charge in [-0.15, -0.1) is 0 Å². The number of methoxy groups -OCH3 is 1. The molecule has 19 heavy (non-hydrogen) atoms. The summed E-state index contributed by atoms with van der Waals surface area (Å²) in [6.45, 7) is 5.26. The Bertz CT molecular complexity index is 386. The summed E-state index contributed by atoms with van der Waals surface area (Å²) in [5, 5.41) is 4.62. The Morgan fingerprint density at radius 2 is 1.95 bits per heavy atom. The topological polar surface area (TPSA) is 72.5 Å². The number of hydrogen-bond donors (Lipinski definition) is 0. The number of rotatable bonds is 2. The molecule has 3 fully saturated rings. The van der Waals surface area contributed by atoms with Gasteiger partial charge in [-0.05, 0) is 0 Å². The largest absolute Gasteiger partial charge is 0.462 e. The lowest BCUT2D eigenvalue weighted by Gasteiger charge is -2.45. The van der Waals surface area contributed by atoms with Crippen LogP contribution in [0.1, 0.15) is 20.8 Å².